The molecule has 1 amide bonds. The van der Waals surface area contributed by atoms with Crippen LogP contribution in [0.1, 0.15) is 39.2 Å². The number of amides is 1. The average Bonchev–Trinajstić information content (AvgIpc) is 2.70. The van der Waals surface area contributed by atoms with Gasteiger partial charge < -0.3 is 10.2 Å². The molecule has 1 aromatic rings. The summed E-state index contributed by atoms with van der Waals surface area (Å²) in [5.41, 5.74) is 3.60. The smallest absolute Gasteiger partial charge is 0.312 e. The summed E-state index contributed by atoms with van der Waals surface area (Å²) in [6, 6.07) is 6.58. The molecular weight excluding hydrogens is 416 g/mol. The zero-order chi connectivity index (χ0) is 23.5. The number of carbonyl (C=O) groups excluding carboxylic acids is 1. The molecular formula is C22H40N4O4S. The van der Waals surface area contributed by atoms with Gasteiger partial charge in [-0.2, -0.15) is 18.2 Å². The first-order valence-electron chi connectivity index (χ1n) is 10.8. The first kappa shape index (κ1) is 27.5. The second-order valence-electron chi connectivity index (χ2n) is 8.84. The van der Waals surface area contributed by atoms with E-state index in [1.807, 2.05) is 6.92 Å². The molecule has 178 valence electrons. The predicted octanol–water partition coefficient (Wildman–Crippen LogP) is 2.01. The minimum Gasteiger partial charge on any atom is -0.358 e. The second-order valence-corrected chi connectivity index (χ2v) is 10.4. The lowest BCUT2D eigenvalue weighted by Gasteiger charge is -2.31. The largest absolute Gasteiger partial charge is 0.358 e. The van der Waals surface area contributed by atoms with Crippen LogP contribution < -0.4 is 10.8 Å². The SMILES string of the molecule is CCCC(C)(C)CNOS(=O)(=O)c1ccc(C)cc1.CNC(=O)CN1CCN(C)CC1. The zero-order valence-corrected chi connectivity index (χ0v) is 20.7. The molecule has 1 aliphatic heterocycles. The van der Waals surface area contributed by atoms with Crippen LogP contribution in [0.3, 0.4) is 0 Å². The van der Waals surface area contributed by atoms with Crippen molar-refractivity contribution in [1.29, 1.82) is 0 Å². The number of benzene rings is 1. The van der Waals surface area contributed by atoms with Gasteiger partial charge in [0.15, 0.2) is 0 Å². The summed E-state index contributed by atoms with van der Waals surface area (Å²) in [5, 5.41) is 2.63. The van der Waals surface area contributed by atoms with Crippen LogP contribution in [0.2, 0.25) is 0 Å². The molecule has 8 nitrogen and oxygen atoms in total. The molecule has 1 fully saturated rings. The Balaban J connectivity index is 0.000000343. The fraction of sp³-hybridized carbons (Fsp3) is 0.682. The topological polar surface area (TPSA) is 91.0 Å². The van der Waals surface area contributed by atoms with E-state index in [-0.39, 0.29) is 16.2 Å². The van der Waals surface area contributed by atoms with E-state index < -0.39 is 10.1 Å². The van der Waals surface area contributed by atoms with E-state index in [0.717, 1.165) is 44.6 Å². The Hall–Kier alpha value is -1.52. The summed E-state index contributed by atoms with van der Waals surface area (Å²) < 4.78 is 28.7. The van der Waals surface area contributed by atoms with Gasteiger partial charge in [-0.15, -0.1) is 0 Å². The van der Waals surface area contributed by atoms with Gasteiger partial charge in [-0.05, 0) is 37.9 Å². The van der Waals surface area contributed by atoms with Crippen molar-refractivity contribution in [3.8, 4) is 0 Å². The van der Waals surface area contributed by atoms with Gasteiger partial charge in [0.1, 0.15) is 0 Å². The Morgan fingerprint density at radius 3 is 2.23 bits per heavy atom. The van der Waals surface area contributed by atoms with Gasteiger partial charge in [-0.25, -0.2) is 0 Å². The Morgan fingerprint density at radius 2 is 1.71 bits per heavy atom. The van der Waals surface area contributed by atoms with Crippen molar-refractivity contribution in [3.63, 3.8) is 0 Å². The molecule has 1 aliphatic rings. The molecule has 0 aromatic heterocycles. The molecule has 1 heterocycles. The van der Waals surface area contributed by atoms with Crippen molar-refractivity contribution in [3.05, 3.63) is 29.8 Å². The van der Waals surface area contributed by atoms with Crippen LogP contribution in [0.5, 0.6) is 0 Å². The van der Waals surface area contributed by atoms with Crippen molar-refractivity contribution < 1.29 is 17.5 Å². The zero-order valence-electron chi connectivity index (χ0n) is 19.9. The fourth-order valence-corrected chi connectivity index (χ4v) is 3.89. The van der Waals surface area contributed by atoms with E-state index in [1.54, 1.807) is 31.3 Å². The number of rotatable bonds is 9. The normalized spacial score (nSPS) is 15.8. The van der Waals surface area contributed by atoms with Gasteiger partial charge in [0.25, 0.3) is 0 Å². The lowest BCUT2D eigenvalue weighted by Crippen LogP contribution is -2.47. The van der Waals surface area contributed by atoms with Crippen LogP contribution in [0.25, 0.3) is 0 Å². The molecule has 1 saturated heterocycles. The number of hydrogen-bond donors (Lipinski definition) is 2. The summed E-state index contributed by atoms with van der Waals surface area (Å²) in [6.45, 7) is 13.3. The van der Waals surface area contributed by atoms with Gasteiger partial charge in [-0.1, -0.05) is 44.9 Å². The third-order valence-electron chi connectivity index (χ3n) is 5.20. The minimum atomic E-state index is -3.73. The molecule has 0 bridgehead atoms. The predicted molar refractivity (Wildman–Crippen MR) is 124 cm³/mol. The highest BCUT2D eigenvalue weighted by molar-refractivity contribution is 7.86. The number of carbonyl (C=O) groups is 1. The Kier molecular flexibility index (Phi) is 11.6. The Bertz CT molecular complexity index is 758. The summed E-state index contributed by atoms with van der Waals surface area (Å²) in [7, 11) is 0.0618. The number of piperazine rings is 1. The van der Waals surface area contributed by atoms with Crippen LogP contribution in [-0.2, 0) is 19.2 Å². The van der Waals surface area contributed by atoms with Crippen LogP contribution in [0.4, 0.5) is 0 Å². The number of hydrogen-bond acceptors (Lipinski definition) is 7. The molecule has 2 rings (SSSR count). The lowest BCUT2D eigenvalue weighted by atomic mass is 9.88. The van der Waals surface area contributed by atoms with Crippen molar-refractivity contribution >= 4 is 16.0 Å². The van der Waals surface area contributed by atoms with E-state index in [2.05, 4.69) is 48.4 Å². The van der Waals surface area contributed by atoms with Gasteiger partial charge in [0.05, 0.1) is 11.4 Å². The van der Waals surface area contributed by atoms with E-state index >= 15 is 0 Å². The van der Waals surface area contributed by atoms with Crippen molar-refractivity contribution in [2.45, 2.75) is 45.4 Å². The highest BCUT2D eigenvalue weighted by Gasteiger charge is 2.20. The number of hydroxylamine groups is 1. The van der Waals surface area contributed by atoms with Gasteiger partial charge in [0, 0.05) is 39.8 Å². The summed E-state index contributed by atoms with van der Waals surface area (Å²) in [4.78, 5) is 15.6. The number of aryl methyl sites for hydroxylation is 1. The number of likely N-dealkylation sites (N-methyl/N-ethyl adjacent to an activating group) is 2. The highest BCUT2D eigenvalue weighted by Crippen LogP contribution is 2.21. The fourth-order valence-electron chi connectivity index (χ4n) is 3.11. The molecule has 0 atom stereocenters. The highest BCUT2D eigenvalue weighted by atomic mass is 32.2. The van der Waals surface area contributed by atoms with Crippen LogP contribution in [0.15, 0.2) is 29.2 Å². The van der Waals surface area contributed by atoms with Crippen LogP contribution in [0, 0.1) is 12.3 Å². The van der Waals surface area contributed by atoms with Gasteiger partial charge in [-0.3, -0.25) is 9.69 Å². The molecule has 9 heteroatoms. The monoisotopic (exact) mass is 456 g/mol. The first-order chi connectivity index (χ1) is 14.5. The molecule has 0 unspecified atom stereocenters. The van der Waals surface area contributed by atoms with Crippen LogP contribution >= 0.6 is 0 Å². The quantitative estimate of drug-likeness (QED) is 0.549. The Labute approximate surface area is 188 Å². The van der Waals surface area contributed by atoms with E-state index in [0.29, 0.717) is 13.1 Å². The molecule has 0 radical (unpaired) electrons. The van der Waals surface area contributed by atoms with Gasteiger partial charge in [0.2, 0.25) is 5.91 Å². The number of nitrogens with zero attached hydrogens (tertiary/aromatic N) is 2. The maximum absolute atomic E-state index is 11.9. The van der Waals surface area contributed by atoms with Crippen molar-refractivity contribution in [2.24, 2.45) is 5.41 Å². The van der Waals surface area contributed by atoms with Gasteiger partial charge >= 0.3 is 10.1 Å². The standard InChI is InChI=1S/C14H23NO3S.C8H17N3O/c1-5-10-14(3,4)11-15-18-19(16,17)13-8-6-12(2)7-9-13;1-9-8(12)7-11-5-3-10(2)4-6-11/h6-9,15H,5,10-11H2,1-4H3;3-7H2,1-2H3,(H,9,12). The first-order valence-corrected chi connectivity index (χ1v) is 12.2. The van der Waals surface area contributed by atoms with Crippen LogP contribution in [-0.4, -0.2) is 77.5 Å². The van der Waals surface area contributed by atoms with Crippen molar-refractivity contribution in [1.82, 2.24) is 20.6 Å². The lowest BCUT2D eigenvalue weighted by molar-refractivity contribution is -0.122. The van der Waals surface area contributed by atoms with E-state index in [9.17, 15) is 13.2 Å². The number of nitrogens with one attached hydrogen (secondary N) is 2. The molecule has 0 saturated carbocycles. The maximum Gasteiger partial charge on any atom is 0.312 e. The summed E-state index contributed by atoms with van der Waals surface area (Å²) >= 11 is 0. The maximum atomic E-state index is 11.9. The van der Waals surface area contributed by atoms with E-state index in [4.69, 9.17) is 4.28 Å². The third-order valence-corrected chi connectivity index (χ3v) is 6.38. The third kappa shape index (κ3) is 11.1. The van der Waals surface area contributed by atoms with Crippen molar-refractivity contribution in [2.75, 3.05) is 53.4 Å². The average molecular weight is 457 g/mol. The molecule has 31 heavy (non-hydrogen) atoms. The van der Waals surface area contributed by atoms with E-state index in [1.165, 1.54) is 0 Å². The summed E-state index contributed by atoms with van der Waals surface area (Å²) in [5.74, 6) is 0.111. The molecule has 2 N–H and O–H groups in total. The minimum absolute atomic E-state index is 0.0115. The molecule has 0 aliphatic carbocycles. The molecule has 0 spiro atoms. The summed E-state index contributed by atoms with van der Waals surface area (Å²) in [6.07, 6.45) is 2.06. The second kappa shape index (κ2) is 13.1. The Morgan fingerprint density at radius 1 is 1.13 bits per heavy atom. The molecule has 1 aromatic carbocycles.